The fourth-order valence-corrected chi connectivity index (χ4v) is 3.65. The average Bonchev–Trinajstić information content (AvgIpc) is 3.21. The lowest BCUT2D eigenvalue weighted by Gasteiger charge is -2.00. The van der Waals surface area contributed by atoms with Gasteiger partial charge in [-0.05, 0) is 18.2 Å². The van der Waals surface area contributed by atoms with Crippen LogP contribution in [0.1, 0.15) is 4.88 Å². The first-order chi connectivity index (χ1) is 11.7. The Balaban J connectivity index is 1.79. The van der Waals surface area contributed by atoms with Gasteiger partial charge in [-0.2, -0.15) is 0 Å². The topological polar surface area (TPSA) is 68.7 Å². The van der Waals surface area contributed by atoms with E-state index in [1.54, 1.807) is 0 Å². The number of carboxylic acids is 1. The summed E-state index contributed by atoms with van der Waals surface area (Å²) in [7, 11) is 0. The zero-order chi connectivity index (χ0) is 16.5. The summed E-state index contributed by atoms with van der Waals surface area (Å²) in [5.74, 6) is 0.529. The Morgan fingerprint density at radius 2 is 1.88 bits per heavy atom. The molecule has 1 aliphatic heterocycles. The van der Waals surface area contributed by atoms with E-state index in [1.165, 1.54) is 11.3 Å². The molecule has 0 spiro atoms. The van der Waals surface area contributed by atoms with Crippen LogP contribution in [0.2, 0.25) is 0 Å². The Morgan fingerprint density at radius 3 is 2.67 bits per heavy atom. The number of nitrogens with zero attached hydrogens (tertiary/aromatic N) is 1. The summed E-state index contributed by atoms with van der Waals surface area (Å²) in [6, 6.07) is 15.3. The lowest BCUT2D eigenvalue weighted by atomic mass is 10.1. The van der Waals surface area contributed by atoms with Gasteiger partial charge in [-0.1, -0.05) is 30.3 Å². The first-order valence-corrected chi connectivity index (χ1v) is 8.19. The van der Waals surface area contributed by atoms with E-state index in [4.69, 9.17) is 9.47 Å². The zero-order valence-electron chi connectivity index (χ0n) is 12.6. The fourth-order valence-electron chi connectivity index (χ4n) is 2.58. The summed E-state index contributed by atoms with van der Waals surface area (Å²) in [4.78, 5) is 16.6. The molecule has 0 fully saturated rings. The number of carboxylic acid groups (broad SMARTS) is 1. The number of fused-ring (bicyclic) bond motifs is 1. The summed E-state index contributed by atoms with van der Waals surface area (Å²) >= 11 is 1.39. The molecule has 0 atom stereocenters. The molecule has 2 aromatic carbocycles. The van der Waals surface area contributed by atoms with Crippen molar-refractivity contribution in [2.45, 2.75) is 6.42 Å². The van der Waals surface area contributed by atoms with Crippen LogP contribution in [-0.4, -0.2) is 22.9 Å². The molecular formula is C18H13NO4S. The number of hydrogen-bond donors (Lipinski definition) is 1. The van der Waals surface area contributed by atoms with Crippen molar-refractivity contribution in [2.24, 2.45) is 0 Å². The molecule has 120 valence electrons. The molecule has 5 nitrogen and oxygen atoms in total. The molecule has 0 amide bonds. The largest absolute Gasteiger partial charge is 0.481 e. The van der Waals surface area contributed by atoms with E-state index in [1.807, 2.05) is 48.5 Å². The maximum Gasteiger partial charge on any atom is 0.308 e. The number of aliphatic carboxylic acids is 1. The molecule has 2 heterocycles. The van der Waals surface area contributed by atoms with Crippen LogP contribution in [-0.2, 0) is 11.2 Å². The number of hydrogen-bond acceptors (Lipinski definition) is 5. The van der Waals surface area contributed by atoms with Gasteiger partial charge < -0.3 is 14.6 Å². The van der Waals surface area contributed by atoms with E-state index < -0.39 is 5.97 Å². The van der Waals surface area contributed by atoms with Crippen LogP contribution in [0, 0.1) is 0 Å². The highest BCUT2D eigenvalue weighted by Gasteiger charge is 2.19. The first kappa shape index (κ1) is 14.7. The van der Waals surface area contributed by atoms with Crippen molar-refractivity contribution in [1.82, 2.24) is 4.98 Å². The summed E-state index contributed by atoms with van der Waals surface area (Å²) < 4.78 is 10.7. The number of benzene rings is 2. The van der Waals surface area contributed by atoms with Crippen molar-refractivity contribution < 1.29 is 19.4 Å². The normalized spacial score (nSPS) is 12.3. The molecule has 3 aromatic rings. The summed E-state index contributed by atoms with van der Waals surface area (Å²) in [6.45, 7) is 0.218. The van der Waals surface area contributed by atoms with Gasteiger partial charge in [0.25, 0.3) is 0 Å². The maximum absolute atomic E-state index is 11.2. The van der Waals surface area contributed by atoms with Gasteiger partial charge in [0.2, 0.25) is 6.79 Å². The van der Waals surface area contributed by atoms with Crippen LogP contribution in [0.25, 0.3) is 21.8 Å². The van der Waals surface area contributed by atoms with Crippen molar-refractivity contribution in [3.8, 4) is 33.3 Å². The minimum atomic E-state index is -0.868. The third-order valence-corrected chi connectivity index (χ3v) is 4.78. The number of rotatable bonds is 4. The van der Waals surface area contributed by atoms with Gasteiger partial charge >= 0.3 is 5.97 Å². The minimum absolute atomic E-state index is 0.0492. The minimum Gasteiger partial charge on any atom is -0.481 e. The van der Waals surface area contributed by atoms with E-state index in [0.717, 1.165) is 26.7 Å². The molecule has 6 heteroatoms. The van der Waals surface area contributed by atoms with Crippen LogP contribution in [0.5, 0.6) is 11.5 Å². The van der Waals surface area contributed by atoms with E-state index in [-0.39, 0.29) is 13.2 Å². The standard InChI is InChI=1S/C18H13NO4S/c20-16(21)9-15-17(11-4-2-1-3-5-11)19-18(24-15)12-6-7-13-14(8-12)23-10-22-13/h1-8H,9-10H2,(H,20,21). The molecule has 1 N–H and O–H groups in total. The zero-order valence-corrected chi connectivity index (χ0v) is 13.4. The predicted molar refractivity (Wildman–Crippen MR) is 90.4 cm³/mol. The number of carbonyl (C=O) groups is 1. The Hall–Kier alpha value is -2.86. The highest BCUT2D eigenvalue weighted by Crippen LogP contribution is 2.39. The van der Waals surface area contributed by atoms with Crippen molar-refractivity contribution in [2.75, 3.05) is 6.79 Å². The summed E-state index contributed by atoms with van der Waals surface area (Å²) in [6.07, 6.45) is -0.0492. The molecule has 0 unspecified atom stereocenters. The highest BCUT2D eigenvalue weighted by atomic mass is 32.1. The van der Waals surface area contributed by atoms with Gasteiger partial charge in [-0.3, -0.25) is 4.79 Å². The quantitative estimate of drug-likeness (QED) is 0.782. The van der Waals surface area contributed by atoms with Crippen molar-refractivity contribution in [1.29, 1.82) is 0 Å². The molecule has 0 saturated carbocycles. The fraction of sp³-hybridized carbons (Fsp3) is 0.111. The van der Waals surface area contributed by atoms with E-state index in [2.05, 4.69) is 4.98 Å². The molecule has 1 aliphatic rings. The van der Waals surface area contributed by atoms with Crippen LogP contribution in [0.15, 0.2) is 48.5 Å². The van der Waals surface area contributed by atoms with E-state index in [9.17, 15) is 9.90 Å². The first-order valence-electron chi connectivity index (χ1n) is 7.37. The third kappa shape index (κ3) is 2.72. The molecule has 24 heavy (non-hydrogen) atoms. The number of ether oxygens (including phenoxy) is 2. The predicted octanol–water partition coefficient (Wildman–Crippen LogP) is 3.83. The van der Waals surface area contributed by atoms with Gasteiger partial charge in [-0.15, -0.1) is 11.3 Å². The lowest BCUT2D eigenvalue weighted by molar-refractivity contribution is -0.136. The van der Waals surface area contributed by atoms with Crippen LogP contribution in [0.3, 0.4) is 0 Å². The van der Waals surface area contributed by atoms with E-state index in [0.29, 0.717) is 11.5 Å². The second-order valence-corrected chi connectivity index (χ2v) is 6.38. The molecule has 0 bridgehead atoms. The monoisotopic (exact) mass is 339 g/mol. The van der Waals surface area contributed by atoms with E-state index >= 15 is 0 Å². The lowest BCUT2D eigenvalue weighted by Crippen LogP contribution is -1.99. The summed E-state index contributed by atoms with van der Waals surface area (Å²) in [5.41, 5.74) is 2.52. The van der Waals surface area contributed by atoms with Crippen molar-refractivity contribution >= 4 is 17.3 Å². The van der Waals surface area contributed by atoms with Gasteiger partial charge in [0.15, 0.2) is 11.5 Å². The molecule has 1 aromatic heterocycles. The second-order valence-electron chi connectivity index (χ2n) is 5.30. The molecule has 0 radical (unpaired) electrons. The Kier molecular flexibility index (Phi) is 3.66. The van der Waals surface area contributed by atoms with Crippen molar-refractivity contribution in [3.05, 3.63) is 53.4 Å². The maximum atomic E-state index is 11.2. The molecule has 4 rings (SSSR count). The summed E-state index contributed by atoms with van der Waals surface area (Å²) in [5, 5.41) is 9.95. The average molecular weight is 339 g/mol. The number of aromatic nitrogens is 1. The molecule has 0 aliphatic carbocycles. The van der Waals surface area contributed by atoms with Gasteiger partial charge in [-0.25, -0.2) is 4.98 Å². The Morgan fingerprint density at radius 1 is 1.08 bits per heavy atom. The molecule has 0 saturated heterocycles. The Bertz CT molecular complexity index is 905. The van der Waals surface area contributed by atoms with Crippen molar-refractivity contribution in [3.63, 3.8) is 0 Å². The van der Waals surface area contributed by atoms with Gasteiger partial charge in [0.05, 0.1) is 12.1 Å². The third-order valence-electron chi connectivity index (χ3n) is 3.68. The Labute approximate surface area is 142 Å². The second kappa shape index (κ2) is 5.98. The van der Waals surface area contributed by atoms with Crippen LogP contribution >= 0.6 is 11.3 Å². The van der Waals surface area contributed by atoms with Crippen LogP contribution in [0.4, 0.5) is 0 Å². The van der Waals surface area contributed by atoms with Gasteiger partial charge in [0, 0.05) is 16.0 Å². The van der Waals surface area contributed by atoms with Gasteiger partial charge in [0.1, 0.15) is 5.01 Å². The highest BCUT2D eigenvalue weighted by molar-refractivity contribution is 7.15. The molecular weight excluding hydrogens is 326 g/mol. The SMILES string of the molecule is O=C(O)Cc1sc(-c2ccc3c(c2)OCO3)nc1-c1ccccc1. The number of thiazole rings is 1. The smallest absolute Gasteiger partial charge is 0.308 e. The van der Waals surface area contributed by atoms with Crippen LogP contribution < -0.4 is 9.47 Å².